The molecule has 0 aliphatic carbocycles. The van der Waals surface area contributed by atoms with Gasteiger partial charge < -0.3 is 10.2 Å². The number of aromatic nitrogens is 2. The fourth-order valence-corrected chi connectivity index (χ4v) is 4.01. The minimum Gasteiger partial charge on any atom is -0.311 e. The number of nitrogens with zero attached hydrogens (tertiary/aromatic N) is 3. The highest BCUT2D eigenvalue weighted by atomic mass is 32.1. The van der Waals surface area contributed by atoms with Crippen LogP contribution < -0.4 is 10.2 Å². The van der Waals surface area contributed by atoms with Gasteiger partial charge >= 0.3 is 0 Å². The first kappa shape index (κ1) is 19.5. The highest BCUT2D eigenvalue weighted by Crippen LogP contribution is 2.32. The third-order valence-electron chi connectivity index (χ3n) is 5.28. The summed E-state index contributed by atoms with van der Waals surface area (Å²) in [4.78, 5) is 26.9. The molecule has 2 aromatic rings. The van der Waals surface area contributed by atoms with Crippen molar-refractivity contribution in [3.63, 3.8) is 0 Å². The van der Waals surface area contributed by atoms with Gasteiger partial charge in [0.15, 0.2) is 0 Å². The summed E-state index contributed by atoms with van der Waals surface area (Å²) in [6.07, 6.45) is 2.01. The predicted octanol–water partition coefficient (Wildman–Crippen LogP) is 3.78. The highest BCUT2D eigenvalue weighted by Gasteiger charge is 2.36. The first-order chi connectivity index (χ1) is 12.9. The molecule has 7 heteroatoms. The number of nitrogens with one attached hydrogen (secondary N) is 1. The first-order valence-corrected chi connectivity index (χ1v) is 10.2. The van der Waals surface area contributed by atoms with Gasteiger partial charge in [-0.3, -0.25) is 9.59 Å². The Bertz CT molecular complexity index is 846. The number of anilines is 2. The molecule has 0 bridgehead atoms. The summed E-state index contributed by atoms with van der Waals surface area (Å²) in [5, 5.41) is 12.6. The lowest BCUT2D eigenvalue weighted by Crippen LogP contribution is -2.28. The molecule has 2 heterocycles. The molecule has 2 amide bonds. The molecule has 1 fully saturated rings. The van der Waals surface area contributed by atoms with Gasteiger partial charge in [0, 0.05) is 24.1 Å². The van der Waals surface area contributed by atoms with Gasteiger partial charge in [0.1, 0.15) is 5.01 Å². The van der Waals surface area contributed by atoms with Gasteiger partial charge in [-0.1, -0.05) is 57.2 Å². The standard InChI is InChI=1S/C20H26N4O2S/c1-5-13-9-7-8-10-15(13)24-12-14(11-16(24)25)17(26)21-19-23-22-18(27-19)20(3,4)6-2/h7-10,14H,5-6,11-12H2,1-4H3,(H,21,23,26). The molecular formula is C20H26N4O2S. The summed E-state index contributed by atoms with van der Waals surface area (Å²) >= 11 is 1.40. The Morgan fingerprint density at radius 2 is 2.04 bits per heavy atom. The molecule has 1 aliphatic heterocycles. The van der Waals surface area contributed by atoms with E-state index in [0.717, 1.165) is 29.1 Å². The van der Waals surface area contributed by atoms with E-state index in [0.29, 0.717) is 11.7 Å². The maximum atomic E-state index is 12.7. The van der Waals surface area contributed by atoms with Crippen LogP contribution in [-0.2, 0) is 21.4 Å². The van der Waals surface area contributed by atoms with Crippen LogP contribution >= 0.6 is 11.3 Å². The summed E-state index contributed by atoms with van der Waals surface area (Å²) in [6, 6.07) is 7.86. The lowest BCUT2D eigenvalue weighted by atomic mass is 9.91. The fraction of sp³-hybridized carbons (Fsp3) is 0.500. The maximum Gasteiger partial charge on any atom is 0.231 e. The summed E-state index contributed by atoms with van der Waals surface area (Å²) in [7, 11) is 0. The SMILES string of the molecule is CCc1ccccc1N1CC(C(=O)Nc2nnc(C(C)(C)CC)s2)CC1=O. The molecule has 1 N–H and O–H groups in total. The Labute approximate surface area is 164 Å². The van der Waals surface area contributed by atoms with E-state index < -0.39 is 0 Å². The molecule has 144 valence electrons. The number of hydrogen-bond acceptors (Lipinski definition) is 5. The van der Waals surface area contributed by atoms with Crippen molar-refractivity contribution in [1.29, 1.82) is 0 Å². The quantitative estimate of drug-likeness (QED) is 0.820. The van der Waals surface area contributed by atoms with Crippen LogP contribution in [0.4, 0.5) is 10.8 Å². The molecule has 1 unspecified atom stereocenters. The Balaban J connectivity index is 1.69. The summed E-state index contributed by atoms with van der Waals surface area (Å²) < 4.78 is 0. The molecular weight excluding hydrogens is 360 g/mol. The molecule has 1 atom stereocenters. The lowest BCUT2D eigenvalue weighted by molar-refractivity contribution is -0.122. The largest absolute Gasteiger partial charge is 0.311 e. The van der Waals surface area contributed by atoms with Crippen molar-refractivity contribution in [3.8, 4) is 0 Å². The van der Waals surface area contributed by atoms with Gasteiger partial charge in [0.05, 0.1) is 5.92 Å². The van der Waals surface area contributed by atoms with Gasteiger partial charge in [0.2, 0.25) is 16.9 Å². The number of carbonyl (C=O) groups excluding carboxylic acids is 2. The van der Waals surface area contributed by atoms with E-state index in [4.69, 9.17) is 0 Å². The number of benzene rings is 1. The average molecular weight is 387 g/mol. The Hall–Kier alpha value is -2.28. The van der Waals surface area contributed by atoms with E-state index >= 15 is 0 Å². The molecule has 0 radical (unpaired) electrons. The average Bonchev–Trinajstić information content (AvgIpc) is 3.29. The smallest absolute Gasteiger partial charge is 0.231 e. The Kier molecular flexibility index (Phi) is 5.60. The van der Waals surface area contributed by atoms with Gasteiger partial charge in [0.25, 0.3) is 0 Å². The minimum atomic E-state index is -0.381. The van der Waals surface area contributed by atoms with E-state index in [1.807, 2.05) is 24.3 Å². The van der Waals surface area contributed by atoms with Crippen molar-refractivity contribution in [2.45, 2.75) is 52.4 Å². The van der Waals surface area contributed by atoms with Gasteiger partial charge in [-0.15, -0.1) is 10.2 Å². The molecule has 27 heavy (non-hydrogen) atoms. The predicted molar refractivity (Wildman–Crippen MR) is 108 cm³/mol. The second kappa shape index (κ2) is 7.76. The summed E-state index contributed by atoms with van der Waals surface area (Å²) in [6.45, 7) is 8.78. The van der Waals surface area contributed by atoms with Crippen molar-refractivity contribution < 1.29 is 9.59 Å². The second-order valence-corrected chi connectivity index (χ2v) is 8.50. The lowest BCUT2D eigenvalue weighted by Gasteiger charge is -2.19. The fourth-order valence-electron chi connectivity index (χ4n) is 3.10. The van der Waals surface area contributed by atoms with E-state index in [-0.39, 0.29) is 29.6 Å². The van der Waals surface area contributed by atoms with Gasteiger partial charge in [-0.05, 0) is 24.5 Å². The minimum absolute atomic E-state index is 0.0129. The molecule has 1 aromatic heterocycles. The van der Waals surface area contributed by atoms with Crippen LogP contribution in [0, 0.1) is 5.92 Å². The van der Waals surface area contributed by atoms with Crippen LogP contribution in [0.5, 0.6) is 0 Å². The van der Waals surface area contributed by atoms with E-state index in [9.17, 15) is 9.59 Å². The maximum absolute atomic E-state index is 12.7. The Morgan fingerprint density at radius 1 is 1.30 bits per heavy atom. The third-order valence-corrected chi connectivity index (χ3v) is 6.48. The van der Waals surface area contributed by atoms with Crippen LogP contribution in [-0.4, -0.2) is 28.6 Å². The monoisotopic (exact) mass is 386 g/mol. The number of rotatable bonds is 6. The second-order valence-electron chi connectivity index (χ2n) is 7.53. The summed E-state index contributed by atoms with van der Waals surface area (Å²) in [5.74, 6) is -0.563. The molecule has 1 aliphatic rings. The van der Waals surface area contributed by atoms with Crippen molar-refractivity contribution >= 4 is 34.0 Å². The van der Waals surface area contributed by atoms with Gasteiger partial charge in [-0.25, -0.2) is 0 Å². The van der Waals surface area contributed by atoms with Crippen molar-refractivity contribution in [1.82, 2.24) is 10.2 Å². The zero-order chi connectivity index (χ0) is 19.6. The topological polar surface area (TPSA) is 75.2 Å². The number of carbonyl (C=O) groups is 2. The zero-order valence-corrected chi connectivity index (χ0v) is 17.1. The molecule has 0 saturated carbocycles. The van der Waals surface area contributed by atoms with E-state index in [1.54, 1.807) is 4.90 Å². The Morgan fingerprint density at radius 3 is 2.74 bits per heavy atom. The number of aryl methyl sites for hydroxylation is 1. The van der Waals surface area contributed by atoms with Crippen LogP contribution in [0.3, 0.4) is 0 Å². The van der Waals surface area contributed by atoms with Gasteiger partial charge in [-0.2, -0.15) is 0 Å². The van der Waals surface area contributed by atoms with Crippen molar-refractivity contribution in [2.75, 3.05) is 16.8 Å². The van der Waals surface area contributed by atoms with E-state index in [2.05, 4.69) is 43.2 Å². The number of para-hydroxylation sites is 1. The molecule has 6 nitrogen and oxygen atoms in total. The highest BCUT2D eigenvalue weighted by molar-refractivity contribution is 7.15. The number of hydrogen-bond donors (Lipinski definition) is 1. The third kappa shape index (κ3) is 4.03. The van der Waals surface area contributed by atoms with Crippen LogP contribution in [0.2, 0.25) is 0 Å². The van der Waals surface area contributed by atoms with Crippen LogP contribution in [0.25, 0.3) is 0 Å². The molecule has 1 saturated heterocycles. The van der Waals surface area contributed by atoms with Crippen molar-refractivity contribution in [3.05, 3.63) is 34.8 Å². The van der Waals surface area contributed by atoms with E-state index in [1.165, 1.54) is 11.3 Å². The molecule has 0 spiro atoms. The molecule has 1 aromatic carbocycles. The van der Waals surface area contributed by atoms with Crippen LogP contribution in [0.15, 0.2) is 24.3 Å². The van der Waals surface area contributed by atoms with Crippen molar-refractivity contribution in [2.24, 2.45) is 5.92 Å². The molecule has 3 rings (SSSR count). The normalized spacial score (nSPS) is 17.4. The zero-order valence-electron chi connectivity index (χ0n) is 16.3. The summed E-state index contributed by atoms with van der Waals surface area (Å²) in [5.41, 5.74) is 1.95. The first-order valence-electron chi connectivity index (χ1n) is 9.38. The van der Waals surface area contributed by atoms with Crippen LogP contribution in [0.1, 0.15) is 51.1 Å². The number of amides is 2.